The highest BCUT2D eigenvalue weighted by atomic mass is 32.1. The molecular formula is C14H13F10N3OS. The van der Waals surface area contributed by atoms with Crippen molar-refractivity contribution in [3.05, 3.63) is 11.8 Å². The molecule has 1 aromatic rings. The molecule has 166 valence electrons. The molecule has 15 heteroatoms. The van der Waals surface area contributed by atoms with Gasteiger partial charge in [0.2, 0.25) is 0 Å². The number of nitrogens with zero attached hydrogens (tertiary/aromatic N) is 3. The summed E-state index contributed by atoms with van der Waals surface area (Å²) >= 11 is 0.211. The van der Waals surface area contributed by atoms with Crippen molar-refractivity contribution in [3.63, 3.8) is 0 Å². The van der Waals surface area contributed by atoms with Crippen LogP contribution in [-0.2, 0) is 0 Å². The molecule has 0 spiro atoms. The van der Waals surface area contributed by atoms with Crippen molar-refractivity contribution in [1.29, 1.82) is 0 Å². The molecule has 0 amide bonds. The Hall–Kier alpha value is -1.64. The molecule has 0 fully saturated rings. The summed E-state index contributed by atoms with van der Waals surface area (Å²) < 4.78 is 144. The Balaban J connectivity index is 2.39. The van der Waals surface area contributed by atoms with Gasteiger partial charge in [-0.15, -0.1) is 4.37 Å². The molecule has 1 aliphatic heterocycles. The Kier molecular flexibility index (Phi) is 5.91. The van der Waals surface area contributed by atoms with Gasteiger partial charge in [0.05, 0.1) is 11.7 Å². The maximum Gasteiger partial charge on any atom is 0.472 e. The second-order valence-electron chi connectivity index (χ2n) is 6.40. The molecule has 0 N–H and O–H groups in total. The second kappa shape index (κ2) is 7.25. The number of aromatic nitrogens is 2. The molecule has 0 unspecified atom stereocenters. The normalized spacial score (nSPS) is 18.0. The van der Waals surface area contributed by atoms with E-state index >= 15 is 0 Å². The Labute approximate surface area is 161 Å². The highest BCUT2D eigenvalue weighted by Gasteiger charge is 2.87. The molecule has 0 aliphatic carbocycles. The van der Waals surface area contributed by atoms with E-state index < -0.39 is 48.3 Å². The molecule has 0 saturated heterocycles. The summed E-state index contributed by atoms with van der Waals surface area (Å²) in [4.78, 5) is 1.68. The molecule has 2 heterocycles. The highest BCUT2D eigenvalue weighted by Crippen LogP contribution is 2.57. The third kappa shape index (κ3) is 3.90. The monoisotopic (exact) mass is 461 g/mol. The topological polar surface area (TPSA) is 38.2 Å². The van der Waals surface area contributed by atoms with Gasteiger partial charge in [0, 0.05) is 20.0 Å². The highest BCUT2D eigenvalue weighted by molar-refractivity contribution is 6.99. The van der Waals surface area contributed by atoms with Crippen LogP contribution in [0.3, 0.4) is 0 Å². The minimum atomic E-state index is -7.17. The van der Waals surface area contributed by atoms with Gasteiger partial charge in [-0.05, 0) is 19.0 Å². The van der Waals surface area contributed by atoms with Crippen LogP contribution in [0.2, 0.25) is 0 Å². The van der Waals surface area contributed by atoms with E-state index in [1.807, 2.05) is 0 Å². The molecule has 0 aromatic carbocycles. The minimum Gasteiger partial charge on any atom is -0.407 e. The van der Waals surface area contributed by atoms with Crippen LogP contribution in [0.5, 0.6) is 5.88 Å². The molecule has 29 heavy (non-hydrogen) atoms. The lowest BCUT2D eigenvalue weighted by Gasteiger charge is -2.37. The average molecular weight is 461 g/mol. The number of rotatable bonds is 7. The average Bonchev–Trinajstić information content (AvgIpc) is 3.00. The number of ether oxygens (including phenoxy) is 1. The molecule has 0 atom stereocenters. The van der Waals surface area contributed by atoms with Gasteiger partial charge < -0.3 is 9.64 Å². The fourth-order valence-corrected chi connectivity index (χ4v) is 2.87. The number of alkyl halides is 10. The summed E-state index contributed by atoms with van der Waals surface area (Å²) in [6, 6.07) is 0. The smallest absolute Gasteiger partial charge is 0.407 e. The molecule has 0 bridgehead atoms. The Morgan fingerprint density at radius 1 is 0.931 bits per heavy atom. The van der Waals surface area contributed by atoms with Crippen LogP contribution in [0.15, 0.2) is 6.08 Å². The van der Waals surface area contributed by atoms with E-state index in [1.54, 1.807) is 11.9 Å². The molecule has 0 saturated carbocycles. The lowest BCUT2D eigenvalue weighted by molar-refractivity contribution is -0.429. The SMILES string of the molecule is CN1CCC=C(c2nsnc2OC(F)(F)C(F)(F)C(F)(F)C(F)(F)C(C)(F)F)C1. The van der Waals surface area contributed by atoms with Gasteiger partial charge in [-0.1, -0.05) is 6.08 Å². The molecular weight excluding hydrogens is 448 g/mol. The van der Waals surface area contributed by atoms with Crippen LogP contribution in [0, 0.1) is 0 Å². The van der Waals surface area contributed by atoms with Crippen LogP contribution in [0.25, 0.3) is 5.57 Å². The van der Waals surface area contributed by atoms with Crippen molar-refractivity contribution >= 4 is 17.3 Å². The zero-order valence-corrected chi connectivity index (χ0v) is 15.5. The zero-order valence-electron chi connectivity index (χ0n) is 14.6. The lowest BCUT2D eigenvalue weighted by atomic mass is 9.99. The van der Waals surface area contributed by atoms with Crippen molar-refractivity contribution in [2.45, 2.75) is 43.1 Å². The third-order valence-corrected chi connectivity index (χ3v) is 4.55. The summed E-state index contributed by atoms with van der Waals surface area (Å²) in [6.45, 7) is -0.136. The first-order valence-corrected chi connectivity index (χ1v) is 8.47. The number of likely N-dealkylation sites (N-methyl/N-ethyl adjacent to an activating group) is 1. The Morgan fingerprint density at radius 3 is 2.03 bits per heavy atom. The zero-order chi connectivity index (χ0) is 22.5. The van der Waals surface area contributed by atoms with E-state index in [9.17, 15) is 43.9 Å². The molecule has 4 nitrogen and oxygen atoms in total. The van der Waals surface area contributed by atoms with Crippen molar-refractivity contribution in [2.75, 3.05) is 20.1 Å². The van der Waals surface area contributed by atoms with E-state index in [4.69, 9.17) is 0 Å². The fourth-order valence-electron chi connectivity index (χ4n) is 2.35. The minimum absolute atomic E-state index is 0.0972. The first-order chi connectivity index (χ1) is 13.0. The maximum absolute atomic E-state index is 13.9. The fraction of sp³-hybridized carbons (Fsp3) is 0.714. The summed E-state index contributed by atoms with van der Waals surface area (Å²) in [7, 11) is 1.63. The predicted octanol–water partition coefficient (Wildman–Crippen LogP) is 4.79. The second-order valence-corrected chi connectivity index (χ2v) is 6.93. The van der Waals surface area contributed by atoms with Crippen LogP contribution in [-0.4, -0.2) is 63.6 Å². The van der Waals surface area contributed by atoms with Gasteiger partial charge in [0.1, 0.15) is 5.69 Å². The van der Waals surface area contributed by atoms with Gasteiger partial charge in [-0.25, -0.2) is 0 Å². The Bertz CT molecular complexity index is 774. The van der Waals surface area contributed by atoms with Crippen LogP contribution in [0.1, 0.15) is 19.0 Å². The van der Waals surface area contributed by atoms with Crippen LogP contribution in [0.4, 0.5) is 43.9 Å². The summed E-state index contributed by atoms with van der Waals surface area (Å²) in [5.74, 6) is -28.1. The van der Waals surface area contributed by atoms with Crippen LogP contribution < -0.4 is 4.74 Å². The number of hydrogen-bond donors (Lipinski definition) is 0. The van der Waals surface area contributed by atoms with E-state index in [1.165, 1.54) is 6.08 Å². The Morgan fingerprint density at radius 2 is 1.52 bits per heavy atom. The first-order valence-electron chi connectivity index (χ1n) is 7.74. The van der Waals surface area contributed by atoms with Crippen LogP contribution >= 0.6 is 11.7 Å². The third-order valence-electron chi connectivity index (χ3n) is 4.03. The lowest BCUT2D eigenvalue weighted by Crippen LogP contribution is -2.67. The maximum atomic E-state index is 13.9. The van der Waals surface area contributed by atoms with Gasteiger partial charge in [-0.2, -0.15) is 48.3 Å². The van der Waals surface area contributed by atoms with Gasteiger partial charge in [-0.3, -0.25) is 0 Å². The predicted molar refractivity (Wildman–Crippen MR) is 81.0 cm³/mol. The molecule has 0 radical (unpaired) electrons. The molecule has 2 rings (SSSR count). The van der Waals surface area contributed by atoms with Crippen molar-refractivity contribution in [3.8, 4) is 5.88 Å². The molecule has 1 aromatic heterocycles. The number of halogens is 10. The first kappa shape index (κ1) is 23.6. The van der Waals surface area contributed by atoms with Gasteiger partial charge in [0.15, 0.2) is 0 Å². The van der Waals surface area contributed by atoms with E-state index in [0.717, 1.165) is 0 Å². The van der Waals surface area contributed by atoms with E-state index in [0.29, 0.717) is 13.0 Å². The standard InChI is InChI=1S/C14H13F10N3OS/c1-10(15,16)11(17,18)12(19,20)13(21,22)14(23,24)28-9-8(25-29-26-9)7-4-3-5-27(2)6-7/h4H,3,5-6H2,1-2H3. The summed E-state index contributed by atoms with van der Waals surface area (Å²) in [5.41, 5.74) is -0.285. The van der Waals surface area contributed by atoms with E-state index in [-0.39, 0.29) is 23.8 Å². The van der Waals surface area contributed by atoms with Crippen molar-refractivity contribution in [2.24, 2.45) is 0 Å². The van der Waals surface area contributed by atoms with Crippen molar-refractivity contribution in [1.82, 2.24) is 13.6 Å². The van der Waals surface area contributed by atoms with Gasteiger partial charge in [0.25, 0.3) is 5.88 Å². The largest absolute Gasteiger partial charge is 0.472 e. The van der Waals surface area contributed by atoms with E-state index in [2.05, 4.69) is 13.5 Å². The number of hydrogen-bond acceptors (Lipinski definition) is 5. The summed E-state index contributed by atoms with van der Waals surface area (Å²) in [5, 5.41) is 0. The quantitative estimate of drug-likeness (QED) is 0.548. The van der Waals surface area contributed by atoms with Crippen molar-refractivity contribution < 1.29 is 48.6 Å². The van der Waals surface area contributed by atoms with Gasteiger partial charge >= 0.3 is 29.8 Å². The molecule has 1 aliphatic rings. The summed E-state index contributed by atoms with van der Waals surface area (Å²) in [6.07, 6.45) is -4.43.